The summed E-state index contributed by atoms with van der Waals surface area (Å²) in [6.07, 6.45) is 1.70. The molecule has 3 heterocycles. The summed E-state index contributed by atoms with van der Waals surface area (Å²) in [5.74, 6) is 0.901. The Kier molecular flexibility index (Phi) is 6.69. The molecular formula is C19H21Cl2N5OS. The van der Waals surface area contributed by atoms with Crippen LogP contribution in [-0.4, -0.2) is 63.2 Å². The summed E-state index contributed by atoms with van der Waals surface area (Å²) in [7, 11) is 0. The lowest BCUT2D eigenvalue weighted by Crippen LogP contribution is -2.37. The van der Waals surface area contributed by atoms with Crippen molar-refractivity contribution in [2.24, 2.45) is 0 Å². The van der Waals surface area contributed by atoms with Crippen molar-refractivity contribution in [1.29, 1.82) is 0 Å². The van der Waals surface area contributed by atoms with Crippen LogP contribution >= 0.6 is 35.0 Å². The molecule has 9 heteroatoms. The minimum absolute atomic E-state index is 0.199. The molecule has 3 aromatic rings. The van der Waals surface area contributed by atoms with E-state index in [0.717, 1.165) is 55.2 Å². The molecule has 2 aromatic heterocycles. The molecule has 1 saturated heterocycles. The fourth-order valence-corrected chi connectivity index (χ4v) is 4.49. The zero-order valence-corrected chi connectivity index (χ0v) is 17.6. The zero-order valence-electron chi connectivity index (χ0n) is 15.3. The van der Waals surface area contributed by atoms with Gasteiger partial charge >= 0.3 is 0 Å². The number of thioether (sulfide) groups is 1. The summed E-state index contributed by atoms with van der Waals surface area (Å²) >= 11 is 14.6. The minimum Gasteiger partial charge on any atom is -0.379 e. The van der Waals surface area contributed by atoms with Crippen LogP contribution in [0.25, 0.3) is 11.0 Å². The minimum atomic E-state index is -0.199. The first-order valence-electron chi connectivity index (χ1n) is 9.21. The largest absolute Gasteiger partial charge is 0.379 e. The fraction of sp³-hybridized carbons (Fsp3) is 0.421. The molecule has 4 rings (SSSR count). The molecule has 0 amide bonds. The molecule has 0 radical (unpaired) electrons. The third-order valence-electron chi connectivity index (χ3n) is 4.67. The molecule has 0 N–H and O–H groups in total. The smallest absolute Gasteiger partial charge is 0.191 e. The van der Waals surface area contributed by atoms with Gasteiger partial charge in [-0.1, -0.05) is 53.7 Å². The van der Waals surface area contributed by atoms with Gasteiger partial charge in [-0.3, -0.25) is 4.90 Å². The molecule has 1 aliphatic heterocycles. The second-order valence-electron chi connectivity index (χ2n) is 6.54. The number of benzene rings is 1. The first-order valence-corrected chi connectivity index (χ1v) is 11.0. The van der Waals surface area contributed by atoms with Crippen LogP contribution in [0, 0.1) is 0 Å². The first-order chi connectivity index (χ1) is 13.7. The number of hydrogen-bond acceptors (Lipinski definition) is 6. The Balaban J connectivity index is 1.46. The van der Waals surface area contributed by atoms with Crippen LogP contribution in [0.1, 0.15) is 10.9 Å². The van der Waals surface area contributed by atoms with E-state index in [1.165, 1.54) is 0 Å². The van der Waals surface area contributed by atoms with Gasteiger partial charge in [0.1, 0.15) is 5.15 Å². The number of fused-ring (bicyclic) bond motifs is 1. The molecule has 6 nitrogen and oxygen atoms in total. The summed E-state index contributed by atoms with van der Waals surface area (Å²) in [5, 5.41) is 6.07. The topological polar surface area (TPSA) is 56.1 Å². The Hall–Kier alpha value is -1.38. The molecule has 28 heavy (non-hydrogen) atoms. The Morgan fingerprint density at radius 3 is 2.71 bits per heavy atom. The second-order valence-corrected chi connectivity index (χ2v) is 8.49. The lowest BCUT2D eigenvalue weighted by atomic mass is 10.1. The molecular weight excluding hydrogens is 417 g/mol. The van der Waals surface area contributed by atoms with Gasteiger partial charge in [0.05, 0.1) is 36.7 Å². The van der Waals surface area contributed by atoms with Gasteiger partial charge in [-0.2, -0.15) is 5.10 Å². The highest BCUT2D eigenvalue weighted by Crippen LogP contribution is 2.27. The highest BCUT2D eigenvalue weighted by atomic mass is 35.5. The third kappa shape index (κ3) is 4.78. The van der Waals surface area contributed by atoms with Gasteiger partial charge < -0.3 is 4.74 Å². The summed E-state index contributed by atoms with van der Waals surface area (Å²) in [6.45, 7) is 5.05. The van der Waals surface area contributed by atoms with Crippen molar-refractivity contribution < 1.29 is 4.74 Å². The van der Waals surface area contributed by atoms with Crippen LogP contribution in [0.2, 0.25) is 5.15 Å². The maximum Gasteiger partial charge on any atom is 0.191 e. The quantitative estimate of drug-likeness (QED) is 0.242. The van der Waals surface area contributed by atoms with E-state index in [1.807, 2.05) is 30.3 Å². The number of hydrogen-bond donors (Lipinski definition) is 0. The highest BCUT2D eigenvalue weighted by molar-refractivity contribution is 7.99. The van der Waals surface area contributed by atoms with E-state index in [4.69, 9.17) is 32.9 Å². The van der Waals surface area contributed by atoms with Crippen LogP contribution in [0.3, 0.4) is 0 Å². The SMILES string of the molecule is Clc1nc(SCCN2CCOCC2)nc2c1cnn2CC(Cl)c1ccccc1. The van der Waals surface area contributed by atoms with Crippen molar-refractivity contribution in [2.45, 2.75) is 17.1 Å². The zero-order chi connectivity index (χ0) is 19.3. The normalized spacial score (nSPS) is 16.5. The lowest BCUT2D eigenvalue weighted by Gasteiger charge is -2.26. The molecule has 0 aliphatic carbocycles. The summed E-state index contributed by atoms with van der Waals surface area (Å²) in [5.41, 5.74) is 1.77. The van der Waals surface area contributed by atoms with Crippen LogP contribution in [-0.2, 0) is 11.3 Å². The molecule has 1 atom stereocenters. The maximum atomic E-state index is 6.59. The number of aromatic nitrogens is 4. The van der Waals surface area contributed by atoms with E-state index >= 15 is 0 Å². The molecule has 1 unspecified atom stereocenters. The molecule has 0 saturated carbocycles. The van der Waals surface area contributed by atoms with Gasteiger partial charge in [-0.25, -0.2) is 14.6 Å². The van der Waals surface area contributed by atoms with Crippen molar-refractivity contribution in [3.8, 4) is 0 Å². The average Bonchev–Trinajstić information content (AvgIpc) is 3.13. The summed E-state index contributed by atoms with van der Waals surface area (Å²) in [4.78, 5) is 11.5. The predicted molar refractivity (Wildman–Crippen MR) is 113 cm³/mol. The highest BCUT2D eigenvalue weighted by Gasteiger charge is 2.16. The second kappa shape index (κ2) is 9.41. The molecule has 0 spiro atoms. The monoisotopic (exact) mass is 437 g/mol. The van der Waals surface area contributed by atoms with Crippen molar-refractivity contribution in [3.05, 3.63) is 47.2 Å². The van der Waals surface area contributed by atoms with Gasteiger partial charge in [0, 0.05) is 25.4 Å². The summed E-state index contributed by atoms with van der Waals surface area (Å²) < 4.78 is 7.19. The standard InChI is InChI=1S/C19H21Cl2N5OS/c20-16(14-4-2-1-3-5-14)13-26-18-15(12-22-26)17(21)23-19(24-18)28-11-8-25-6-9-27-10-7-25/h1-5,12,16H,6-11,13H2. The lowest BCUT2D eigenvalue weighted by molar-refractivity contribution is 0.0410. The van der Waals surface area contributed by atoms with E-state index in [1.54, 1.807) is 22.6 Å². The van der Waals surface area contributed by atoms with Crippen molar-refractivity contribution in [2.75, 3.05) is 38.6 Å². The van der Waals surface area contributed by atoms with E-state index in [-0.39, 0.29) is 5.38 Å². The Labute approximate surface area is 178 Å². The number of halogens is 2. The van der Waals surface area contributed by atoms with E-state index in [2.05, 4.69) is 15.0 Å². The predicted octanol–water partition coefficient (Wildman–Crippen LogP) is 3.88. The van der Waals surface area contributed by atoms with Gasteiger partial charge in [-0.05, 0) is 5.56 Å². The van der Waals surface area contributed by atoms with Gasteiger partial charge in [0.15, 0.2) is 10.8 Å². The number of alkyl halides is 1. The number of ether oxygens (including phenoxy) is 1. The van der Waals surface area contributed by atoms with Crippen LogP contribution in [0.5, 0.6) is 0 Å². The van der Waals surface area contributed by atoms with Crippen LogP contribution < -0.4 is 0 Å². The van der Waals surface area contributed by atoms with Crippen LogP contribution in [0.4, 0.5) is 0 Å². The number of morpholine rings is 1. The van der Waals surface area contributed by atoms with Gasteiger partial charge in [0.25, 0.3) is 0 Å². The van der Waals surface area contributed by atoms with E-state index < -0.39 is 0 Å². The Bertz CT molecular complexity index is 917. The third-order valence-corrected chi connectivity index (χ3v) is 6.17. The Morgan fingerprint density at radius 1 is 1.14 bits per heavy atom. The Morgan fingerprint density at radius 2 is 1.93 bits per heavy atom. The average molecular weight is 438 g/mol. The maximum absolute atomic E-state index is 6.59. The van der Waals surface area contributed by atoms with Crippen molar-refractivity contribution in [3.63, 3.8) is 0 Å². The van der Waals surface area contributed by atoms with Crippen LogP contribution in [0.15, 0.2) is 41.7 Å². The van der Waals surface area contributed by atoms with Crippen molar-refractivity contribution in [1.82, 2.24) is 24.6 Å². The van der Waals surface area contributed by atoms with E-state index in [0.29, 0.717) is 16.9 Å². The number of nitrogens with zero attached hydrogens (tertiary/aromatic N) is 5. The fourth-order valence-electron chi connectivity index (χ4n) is 3.11. The molecule has 148 valence electrons. The number of rotatable bonds is 7. The van der Waals surface area contributed by atoms with Gasteiger partial charge in [-0.15, -0.1) is 11.6 Å². The molecule has 1 fully saturated rings. The molecule has 1 aliphatic rings. The van der Waals surface area contributed by atoms with E-state index in [9.17, 15) is 0 Å². The first kappa shape index (κ1) is 19.9. The summed E-state index contributed by atoms with van der Waals surface area (Å²) in [6, 6.07) is 9.96. The van der Waals surface area contributed by atoms with Gasteiger partial charge in [0.2, 0.25) is 0 Å². The molecule has 1 aromatic carbocycles. The molecule has 0 bridgehead atoms. The van der Waals surface area contributed by atoms with Crippen molar-refractivity contribution >= 4 is 46.0 Å².